The van der Waals surface area contributed by atoms with Gasteiger partial charge in [0, 0.05) is 30.0 Å². The van der Waals surface area contributed by atoms with E-state index in [1.807, 2.05) is 117 Å². The number of hydrogen-bond donors (Lipinski definition) is 4. The summed E-state index contributed by atoms with van der Waals surface area (Å²) >= 11 is 1.33. The van der Waals surface area contributed by atoms with Crippen LogP contribution in [0.1, 0.15) is 63.1 Å². The number of carbonyl (C=O) groups is 2. The van der Waals surface area contributed by atoms with Gasteiger partial charge in [-0.1, -0.05) is 122 Å². The van der Waals surface area contributed by atoms with Crippen LogP contribution >= 0.6 is 11.8 Å². The van der Waals surface area contributed by atoms with Crippen molar-refractivity contribution in [2.45, 2.75) is 67.9 Å². The predicted octanol–water partition coefficient (Wildman–Crippen LogP) is 8.04. The number of aromatic carboxylic acids is 1. The Labute approximate surface area is 360 Å². The lowest BCUT2D eigenvalue weighted by atomic mass is 9.91. The van der Waals surface area contributed by atoms with Crippen molar-refractivity contribution in [1.82, 2.24) is 15.0 Å². The smallest absolute Gasteiger partial charge is 0.338 e. The molecule has 1 aliphatic heterocycles. The van der Waals surface area contributed by atoms with Crippen molar-refractivity contribution in [3.63, 3.8) is 0 Å². The molecule has 1 aliphatic rings. The molecular weight excluding hydrogens is 811 g/mol. The minimum atomic E-state index is -3.98. The first-order chi connectivity index (χ1) is 29.5. The third kappa shape index (κ3) is 11.0. The van der Waals surface area contributed by atoms with E-state index in [0.717, 1.165) is 44.5 Å². The lowest BCUT2D eigenvalue weighted by Gasteiger charge is -2.41. The van der Waals surface area contributed by atoms with Crippen LogP contribution in [0.4, 0.5) is 0 Å². The van der Waals surface area contributed by atoms with Crippen molar-refractivity contribution in [2.75, 3.05) is 5.75 Å². The molecule has 0 radical (unpaired) electrons. The van der Waals surface area contributed by atoms with Gasteiger partial charge in [-0.2, -0.15) is 4.72 Å². The number of ether oxygens (including phenoxy) is 2. The van der Waals surface area contributed by atoms with Gasteiger partial charge in [0.1, 0.15) is 11.1 Å². The summed E-state index contributed by atoms with van der Waals surface area (Å²) in [7, 11) is -3.98. The fourth-order valence-corrected chi connectivity index (χ4v) is 9.50. The van der Waals surface area contributed by atoms with Gasteiger partial charge in [-0.3, -0.25) is 4.79 Å². The van der Waals surface area contributed by atoms with Crippen LogP contribution in [0.15, 0.2) is 156 Å². The average molecular weight is 858 g/mol. The minimum Gasteiger partial charge on any atom is -0.478 e. The lowest BCUT2D eigenvalue weighted by Crippen LogP contribution is -2.47. The highest BCUT2D eigenvalue weighted by molar-refractivity contribution is 7.99. The van der Waals surface area contributed by atoms with E-state index >= 15 is 0 Å². The number of benzene rings is 5. The first kappa shape index (κ1) is 43.4. The number of sulfonamides is 1. The van der Waals surface area contributed by atoms with Crippen LogP contribution in [0, 0.1) is 12.8 Å². The highest BCUT2D eigenvalue weighted by Crippen LogP contribution is 2.43. The number of rotatable bonds is 16. The summed E-state index contributed by atoms with van der Waals surface area (Å²) in [4.78, 5) is 30.0. The molecule has 1 saturated heterocycles. The van der Waals surface area contributed by atoms with Crippen molar-refractivity contribution in [3.05, 3.63) is 185 Å². The van der Waals surface area contributed by atoms with Gasteiger partial charge in [0.25, 0.3) is 0 Å². The van der Waals surface area contributed by atoms with Gasteiger partial charge in [-0.15, -0.1) is 11.8 Å². The number of carboxylic acids is 1. The zero-order valence-corrected chi connectivity index (χ0v) is 35.3. The summed E-state index contributed by atoms with van der Waals surface area (Å²) in [6, 6.07) is 41.2. The fraction of sp³-hybridized carbons (Fsp3) is 0.229. The number of thioether (sulfide) groups is 1. The highest BCUT2D eigenvalue weighted by Gasteiger charge is 2.38. The maximum atomic E-state index is 13.7. The van der Waals surface area contributed by atoms with Crippen LogP contribution in [0.25, 0.3) is 11.1 Å². The number of carboxylic acid groups (broad SMARTS) is 1. The summed E-state index contributed by atoms with van der Waals surface area (Å²) in [5, 5.41) is 22.7. The molecule has 0 spiro atoms. The monoisotopic (exact) mass is 857 g/mol. The molecule has 0 saturated carbocycles. The number of aliphatic hydroxyl groups excluding tert-OH is 1. The van der Waals surface area contributed by atoms with E-state index in [2.05, 4.69) is 15.0 Å². The molecule has 7 rings (SSSR count). The molecule has 13 heteroatoms. The zero-order valence-electron chi connectivity index (χ0n) is 33.7. The molecule has 5 aromatic carbocycles. The molecule has 61 heavy (non-hydrogen) atoms. The Morgan fingerprint density at radius 3 is 2.20 bits per heavy atom. The van der Waals surface area contributed by atoms with Crippen molar-refractivity contribution in [1.29, 1.82) is 0 Å². The summed E-state index contributed by atoms with van der Waals surface area (Å²) < 4.78 is 42.6. The number of aryl methyl sites for hydroxylation is 1. The number of aliphatic hydroxyl groups is 1. The SMILES string of the molecule is Cc1ccc(S(=O)(=O)N[C@H](Cc2ccccc2)C(=O)NCc2cccc(-c3ccc([C@H]4O[C@@H](CSc5ncccc5C(=O)O)[C@@H](C)[C@@H](c5ccc(CO)cc5)O4)cc3)c2)cc1. The Morgan fingerprint density at radius 1 is 0.787 bits per heavy atom. The van der Waals surface area contributed by atoms with Crippen LogP contribution in [0.3, 0.4) is 0 Å². The van der Waals surface area contributed by atoms with E-state index in [-0.39, 0.29) is 48.2 Å². The van der Waals surface area contributed by atoms with Gasteiger partial charge in [-0.05, 0) is 77.1 Å². The molecule has 2 heterocycles. The standard InChI is InChI=1S/C48H47N3O8S2/c1-31-13-23-40(24-14-31)61(56,57)51-42(27-33-8-4-3-5-9-33)45(53)50-28-35-10-6-11-39(26-35)36-19-21-38(22-20-36)48-58-43(30-60-46-41(47(54)55)12-7-25-49-46)32(2)44(59-48)37-17-15-34(29-52)16-18-37/h3-26,32,42-44,48,51-52H,27-30H2,1-2H3,(H,50,53)(H,54,55)/t32-,42-,43+,44+,48+/m1/s1. The quantitative estimate of drug-likeness (QED) is 0.0701. The Kier molecular flexibility index (Phi) is 14.1. The predicted molar refractivity (Wildman–Crippen MR) is 234 cm³/mol. The number of aromatic nitrogens is 1. The van der Waals surface area contributed by atoms with E-state index in [4.69, 9.17) is 9.47 Å². The van der Waals surface area contributed by atoms with E-state index in [9.17, 15) is 28.2 Å². The summed E-state index contributed by atoms with van der Waals surface area (Å²) in [5.41, 5.74) is 7.08. The molecule has 1 amide bonds. The third-order valence-electron chi connectivity index (χ3n) is 10.6. The summed E-state index contributed by atoms with van der Waals surface area (Å²) in [5.74, 6) is -1.15. The molecule has 11 nitrogen and oxygen atoms in total. The van der Waals surface area contributed by atoms with Crippen LogP contribution in [0.2, 0.25) is 0 Å². The first-order valence-electron chi connectivity index (χ1n) is 19.9. The molecule has 0 unspecified atom stereocenters. The molecule has 5 atom stereocenters. The first-order valence-corrected chi connectivity index (χ1v) is 22.4. The Hall–Kier alpha value is -5.67. The Morgan fingerprint density at radius 2 is 1.49 bits per heavy atom. The van der Waals surface area contributed by atoms with Crippen molar-refractivity contribution in [2.24, 2.45) is 5.92 Å². The molecule has 1 aromatic heterocycles. The van der Waals surface area contributed by atoms with Gasteiger partial charge in [0.05, 0.1) is 29.3 Å². The number of carbonyl (C=O) groups excluding carboxylic acids is 1. The van der Waals surface area contributed by atoms with E-state index < -0.39 is 34.2 Å². The number of nitrogens with one attached hydrogen (secondary N) is 2. The molecule has 0 aliphatic carbocycles. The molecule has 6 aromatic rings. The van der Waals surface area contributed by atoms with Crippen molar-refractivity contribution in [3.8, 4) is 11.1 Å². The number of hydrogen-bond acceptors (Lipinski definition) is 9. The maximum absolute atomic E-state index is 13.7. The van der Waals surface area contributed by atoms with E-state index in [1.54, 1.807) is 24.4 Å². The normalized spacial score (nSPS) is 18.3. The van der Waals surface area contributed by atoms with E-state index in [0.29, 0.717) is 10.8 Å². The molecular formula is C48H47N3O8S2. The van der Waals surface area contributed by atoms with Crippen LogP contribution in [-0.2, 0) is 43.9 Å². The van der Waals surface area contributed by atoms with Gasteiger partial charge >= 0.3 is 5.97 Å². The Bertz CT molecular complexity index is 2540. The number of amides is 1. The van der Waals surface area contributed by atoms with Gasteiger partial charge < -0.3 is 25.0 Å². The van der Waals surface area contributed by atoms with Gasteiger partial charge in [-0.25, -0.2) is 18.2 Å². The molecule has 0 bridgehead atoms. The number of nitrogens with zero attached hydrogens (tertiary/aromatic N) is 1. The fourth-order valence-electron chi connectivity index (χ4n) is 7.16. The van der Waals surface area contributed by atoms with Crippen LogP contribution < -0.4 is 10.0 Å². The second-order valence-electron chi connectivity index (χ2n) is 15.0. The largest absolute Gasteiger partial charge is 0.478 e. The van der Waals surface area contributed by atoms with Crippen LogP contribution in [-0.4, -0.2) is 53.4 Å². The minimum absolute atomic E-state index is 0.0691. The van der Waals surface area contributed by atoms with Crippen LogP contribution in [0.5, 0.6) is 0 Å². The lowest BCUT2D eigenvalue weighted by molar-refractivity contribution is -0.268. The molecule has 1 fully saturated rings. The summed E-state index contributed by atoms with van der Waals surface area (Å²) in [6.45, 7) is 4.03. The third-order valence-corrected chi connectivity index (χ3v) is 13.2. The Balaban J connectivity index is 1.06. The maximum Gasteiger partial charge on any atom is 0.338 e. The molecule has 4 N–H and O–H groups in total. The van der Waals surface area contributed by atoms with E-state index in [1.165, 1.54) is 30.0 Å². The van der Waals surface area contributed by atoms with Crippen molar-refractivity contribution < 1.29 is 37.7 Å². The second-order valence-corrected chi connectivity index (χ2v) is 17.7. The van der Waals surface area contributed by atoms with Gasteiger partial charge in [0.15, 0.2) is 6.29 Å². The number of pyridine rings is 1. The summed E-state index contributed by atoms with van der Waals surface area (Å²) in [6.07, 6.45) is 0.343. The second kappa shape index (κ2) is 19.8. The topological polar surface area (TPSA) is 164 Å². The van der Waals surface area contributed by atoms with Gasteiger partial charge in [0.2, 0.25) is 15.9 Å². The van der Waals surface area contributed by atoms with Crippen molar-refractivity contribution >= 4 is 33.7 Å². The molecule has 314 valence electrons. The average Bonchev–Trinajstić information content (AvgIpc) is 3.28. The highest BCUT2D eigenvalue weighted by atomic mass is 32.2. The zero-order chi connectivity index (χ0) is 42.9.